The molecule has 102 valence electrons. The van der Waals surface area contributed by atoms with Gasteiger partial charge in [0.25, 0.3) is 0 Å². The number of aromatic nitrogens is 2. The van der Waals surface area contributed by atoms with Crippen LogP contribution in [0.4, 0.5) is 18.9 Å². The van der Waals surface area contributed by atoms with Gasteiger partial charge in [-0.05, 0) is 42.5 Å². The van der Waals surface area contributed by atoms with E-state index in [2.05, 4.69) is 4.98 Å². The van der Waals surface area contributed by atoms with Crippen molar-refractivity contribution < 1.29 is 13.2 Å². The summed E-state index contributed by atoms with van der Waals surface area (Å²) in [5, 5.41) is 0. The van der Waals surface area contributed by atoms with Gasteiger partial charge in [-0.15, -0.1) is 0 Å². The van der Waals surface area contributed by atoms with Crippen LogP contribution in [0.5, 0.6) is 0 Å². The number of nitrogen functional groups attached to an aromatic ring is 1. The lowest BCUT2D eigenvalue weighted by molar-refractivity contribution is -0.137. The Hall–Kier alpha value is -2.50. The predicted octanol–water partition coefficient (Wildman–Crippen LogP) is 3.63. The number of nitrogens with two attached hydrogens (primary N) is 1. The summed E-state index contributed by atoms with van der Waals surface area (Å²) in [4.78, 5) is 4.19. The normalized spacial score (nSPS) is 11.9. The third-order valence-corrected chi connectivity index (χ3v) is 3.04. The Labute approximate surface area is 112 Å². The highest BCUT2D eigenvalue weighted by molar-refractivity contribution is 5.80. The zero-order chi connectivity index (χ0) is 14.3. The molecule has 3 aromatic rings. The van der Waals surface area contributed by atoms with Gasteiger partial charge in [0.2, 0.25) is 0 Å². The second-order valence-corrected chi connectivity index (χ2v) is 4.41. The van der Waals surface area contributed by atoms with Crippen molar-refractivity contribution in [1.82, 2.24) is 9.55 Å². The Morgan fingerprint density at radius 1 is 1.00 bits per heavy atom. The average Bonchev–Trinajstić information content (AvgIpc) is 2.80. The smallest absolute Gasteiger partial charge is 0.399 e. The monoisotopic (exact) mass is 277 g/mol. The molecule has 0 unspecified atom stereocenters. The molecule has 0 aliphatic carbocycles. The van der Waals surface area contributed by atoms with Gasteiger partial charge in [0.15, 0.2) is 0 Å². The molecule has 0 saturated heterocycles. The standard InChI is InChI=1S/C14H10F3N3/c15-14(16,17)9-1-4-11(5-2-9)20-8-19-12-7-10(18)3-6-13(12)20/h1-8H,18H2. The highest BCUT2D eigenvalue weighted by atomic mass is 19.4. The van der Waals surface area contributed by atoms with Crippen LogP contribution in [-0.2, 0) is 6.18 Å². The maximum atomic E-state index is 12.5. The fourth-order valence-corrected chi connectivity index (χ4v) is 2.05. The zero-order valence-corrected chi connectivity index (χ0v) is 10.2. The van der Waals surface area contributed by atoms with Gasteiger partial charge in [-0.2, -0.15) is 13.2 Å². The van der Waals surface area contributed by atoms with E-state index in [1.165, 1.54) is 12.1 Å². The average molecular weight is 277 g/mol. The Kier molecular flexibility index (Phi) is 2.67. The third-order valence-electron chi connectivity index (χ3n) is 3.04. The molecule has 0 atom stereocenters. The van der Waals surface area contributed by atoms with Gasteiger partial charge in [-0.25, -0.2) is 4.98 Å². The Morgan fingerprint density at radius 2 is 1.70 bits per heavy atom. The van der Waals surface area contributed by atoms with Gasteiger partial charge in [-0.1, -0.05) is 0 Å². The summed E-state index contributed by atoms with van der Waals surface area (Å²) in [6.07, 6.45) is -2.77. The van der Waals surface area contributed by atoms with Crippen LogP contribution in [0.1, 0.15) is 5.56 Å². The van der Waals surface area contributed by atoms with Crippen LogP contribution < -0.4 is 5.73 Å². The summed E-state index contributed by atoms with van der Waals surface area (Å²) in [5.74, 6) is 0. The number of rotatable bonds is 1. The van der Waals surface area contributed by atoms with Crippen molar-refractivity contribution in [3.8, 4) is 5.69 Å². The second kappa shape index (κ2) is 4.26. The summed E-state index contributed by atoms with van der Waals surface area (Å²) < 4.78 is 39.3. The van der Waals surface area contributed by atoms with E-state index < -0.39 is 11.7 Å². The molecule has 0 fully saturated rings. The van der Waals surface area contributed by atoms with Crippen molar-refractivity contribution in [2.45, 2.75) is 6.18 Å². The fourth-order valence-electron chi connectivity index (χ4n) is 2.05. The van der Waals surface area contributed by atoms with Crippen LogP contribution in [0.2, 0.25) is 0 Å². The van der Waals surface area contributed by atoms with E-state index in [1.807, 2.05) is 0 Å². The van der Waals surface area contributed by atoms with Crippen LogP contribution in [0.25, 0.3) is 16.7 Å². The fraction of sp³-hybridized carbons (Fsp3) is 0.0714. The molecule has 1 aromatic heterocycles. The quantitative estimate of drug-likeness (QED) is 0.690. The second-order valence-electron chi connectivity index (χ2n) is 4.41. The van der Waals surface area contributed by atoms with Gasteiger partial charge in [-0.3, -0.25) is 4.57 Å². The van der Waals surface area contributed by atoms with E-state index >= 15 is 0 Å². The van der Waals surface area contributed by atoms with Crippen LogP contribution in [0.3, 0.4) is 0 Å². The maximum Gasteiger partial charge on any atom is 0.416 e. The summed E-state index contributed by atoms with van der Waals surface area (Å²) >= 11 is 0. The van der Waals surface area contributed by atoms with E-state index in [0.29, 0.717) is 16.9 Å². The first-order valence-electron chi connectivity index (χ1n) is 5.85. The SMILES string of the molecule is Nc1ccc2c(c1)ncn2-c1ccc(C(F)(F)F)cc1. The zero-order valence-electron chi connectivity index (χ0n) is 10.2. The van der Waals surface area contributed by atoms with E-state index in [9.17, 15) is 13.2 Å². The molecule has 0 radical (unpaired) electrons. The molecule has 0 aliphatic heterocycles. The molecule has 2 N–H and O–H groups in total. The molecule has 1 heterocycles. The number of hydrogen-bond acceptors (Lipinski definition) is 2. The minimum absolute atomic E-state index is 0.593. The molecule has 6 heteroatoms. The highest BCUT2D eigenvalue weighted by Crippen LogP contribution is 2.30. The van der Waals surface area contributed by atoms with Crippen LogP contribution in [0.15, 0.2) is 48.8 Å². The molecule has 0 spiro atoms. The minimum Gasteiger partial charge on any atom is -0.399 e. The molecular weight excluding hydrogens is 267 g/mol. The van der Waals surface area contributed by atoms with Crippen LogP contribution >= 0.6 is 0 Å². The molecule has 0 amide bonds. The summed E-state index contributed by atoms with van der Waals surface area (Å²) in [5.41, 5.74) is 7.69. The summed E-state index contributed by atoms with van der Waals surface area (Å²) in [6.45, 7) is 0. The Morgan fingerprint density at radius 3 is 2.35 bits per heavy atom. The van der Waals surface area contributed by atoms with Crippen molar-refractivity contribution in [3.05, 3.63) is 54.4 Å². The van der Waals surface area contributed by atoms with E-state index in [1.54, 1.807) is 29.1 Å². The first-order valence-corrected chi connectivity index (χ1v) is 5.85. The largest absolute Gasteiger partial charge is 0.416 e. The number of anilines is 1. The molecule has 0 saturated carbocycles. The Bertz CT molecular complexity index is 757. The first kappa shape index (κ1) is 12.5. The molecule has 3 rings (SSSR count). The summed E-state index contributed by atoms with van der Waals surface area (Å²) in [7, 11) is 0. The molecule has 2 aromatic carbocycles. The van der Waals surface area contributed by atoms with E-state index in [0.717, 1.165) is 17.6 Å². The Balaban J connectivity index is 2.07. The van der Waals surface area contributed by atoms with Crippen molar-refractivity contribution >= 4 is 16.7 Å². The van der Waals surface area contributed by atoms with Gasteiger partial charge in [0.1, 0.15) is 6.33 Å². The van der Waals surface area contributed by atoms with Gasteiger partial charge >= 0.3 is 6.18 Å². The summed E-state index contributed by atoms with van der Waals surface area (Å²) in [6, 6.07) is 10.2. The molecule has 3 nitrogen and oxygen atoms in total. The third kappa shape index (κ3) is 2.09. The van der Waals surface area contributed by atoms with E-state index in [-0.39, 0.29) is 0 Å². The molecule has 0 bridgehead atoms. The predicted molar refractivity (Wildman–Crippen MR) is 70.5 cm³/mol. The lowest BCUT2D eigenvalue weighted by atomic mass is 10.2. The number of fused-ring (bicyclic) bond motifs is 1. The van der Waals surface area contributed by atoms with Gasteiger partial charge in [0, 0.05) is 11.4 Å². The number of alkyl halides is 3. The van der Waals surface area contributed by atoms with Crippen molar-refractivity contribution in [1.29, 1.82) is 0 Å². The lowest BCUT2D eigenvalue weighted by Gasteiger charge is -2.08. The van der Waals surface area contributed by atoms with Crippen molar-refractivity contribution in [3.63, 3.8) is 0 Å². The van der Waals surface area contributed by atoms with Crippen molar-refractivity contribution in [2.24, 2.45) is 0 Å². The van der Waals surface area contributed by atoms with Crippen molar-refractivity contribution in [2.75, 3.05) is 5.73 Å². The number of halogens is 3. The van der Waals surface area contributed by atoms with Crippen LogP contribution in [0, 0.1) is 0 Å². The maximum absolute atomic E-state index is 12.5. The molecular formula is C14H10F3N3. The first-order chi connectivity index (χ1) is 9.45. The van der Waals surface area contributed by atoms with Gasteiger partial charge in [0.05, 0.1) is 16.6 Å². The number of imidazole rings is 1. The molecule has 0 aliphatic rings. The number of nitrogens with zero attached hydrogens (tertiary/aromatic N) is 2. The molecule has 20 heavy (non-hydrogen) atoms. The van der Waals surface area contributed by atoms with Gasteiger partial charge < -0.3 is 5.73 Å². The highest BCUT2D eigenvalue weighted by Gasteiger charge is 2.30. The topological polar surface area (TPSA) is 43.8 Å². The van der Waals surface area contributed by atoms with E-state index in [4.69, 9.17) is 5.73 Å². The van der Waals surface area contributed by atoms with Crippen LogP contribution in [-0.4, -0.2) is 9.55 Å². The minimum atomic E-state index is -4.33. The number of hydrogen-bond donors (Lipinski definition) is 1. The lowest BCUT2D eigenvalue weighted by Crippen LogP contribution is -2.04. The number of benzene rings is 2.